The van der Waals surface area contributed by atoms with E-state index in [-0.39, 0.29) is 6.42 Å². The van der Waals surface area contributed by atoms with Crippen LogP contribution in [0.25, 0.3) is 0 Å². The van der Waals surface area contributed by atoms with Gasteiger partial charge in [-0.1, -0.05) is 12.1 Å². The lowest BCUT2D eigenvalue weighted by molar-refractivity contribution is -0.157. The van der Waals surface area contributed by atoms with Crippen LogP contribution in [0.1, 0.15) is 13.3 Å². The van der Waals surface area contributed by atoms with Gasteiger partial charge in [-0.2, -0.15) is 0 Å². The predicted octanol–water partition coefficient (Wildman–Crippen LogP) is -0.0972. The number of para-hydroxylation sites is 2. The van der Waals surface area contributed by atoms with E-state index < -0.39 is 36.0 Å². The van der Waals surface area contributed by atoms with Crippen LogP contribution in [0.4, 0.5) is 10.5 Å². The summed E-state index contributed by atoms with van der Waals surface area (Å²) in [6.07, 6.45) is -2.67. The van der Waals surface area contributed by atoms with Crippen molar-refractivity contribution in [2.24, 2.45) is 5.73 Å². The lowest BCUT2D eigenvalue weighted by Crippen LogP contribution is -2.43. The molecule has 0 unspecified atom stereocenters. The lowest BCUT2D eigenvalue weighted by atomic mass is 10.1. The first-order chi connectivity index (χ1) is 10.9. The normalized spacial score (nSPS) is 17.1. The van der Waals surface area contributed by atoms with E-state index in [2.05, 4.69) is 5.32 Å². The number of fused-ring (bicyclic) bond motifs is 1. The van der Waals surface area contributed by atoms with Crippen LogP contribution in [0, 0.1) is 0 Å². The zero-order valence-corrected chi connectivity index (χ0v) is 12.2. The Morgan fingerprint density at radius 1 is 1.39 bits per heavy atom. The second-order valence-electron chi connectivity index (χ2n) is 4.78. The number of rotatable bonds is 4. The number of primary amides is 1. The summed E-state index contributed by atoms with van der Waals surface area (Å²) in [4.78, 5) is 45.6. The summed E-state index contributed by atoms with van der Waals surface area (Å²) in [6.45, 7) is 1.27. The smallest absolute Gasteiger partial charge is 0.318 e. The number of hydrogen-bond donors (Lipinski definition) is 3. The number of esters is 1. The number of nitrogens with two attached hydrogens (primary N) is 1. The van der Waals surface area contributed by atoms with E-state index in [0.717, 1.165) is 0 Å². The number of benzene rings is 1. The van der Waals surface area contributed by atoms with Gasteiger partial charge >= 0.3 is 12.0 Å². The van der Waals surface area contributed by atoms with Crippen LogP contribution in [0.5, 0.6) is 5.75 Å². The molecule has 0 saturated heterocycles. The molecule has 1 aromatic rings. The van der Waals surface area contributed by atoms with E-state index in [1.165, 1.54) is 6.92 Å². The summed E-state index contributed by atoms with van der Waals surface area (Å²) < 4.78 is 10.3. The number of urea groups is 1. The summed E-state index contributed by atoms with van der Waals surface area (Å²) >= 11 is 0. The van der Waals surface area contributed by atoms with Crippen LogP contribution in [-0.4, -0.2) is 36.0 Å². The first-order valence-corrected chi connectivity index (χ1v) is 6.73. The van der Waals surface area contributed by atoms with E-state index in [0.29, 0.717) is 11.4 Å². The highest BCUT2D eigenvalue weighted by Gasteiger charge is 2.31. The number of amides is 4. The minimum absolute atomic E-state index is 0.381. The molecule has 23 heavy (non-hydrogen) atoms. The van der Waals surface area contributed by atoms with Gasteiger partial charge in [0.1, 0.15) is 5.75 Å². The average molecular weight is 321 g/mol. The number of carbonyl (C=O) groups excluding carboxylic acids is 4. The fourth-order valence-electron chi connectivity index (χ4n) is 1.90. The average Bonchev–Trinajstić information content (AvgIpc) is 2.47. The minimum atomic E-state index is -1.23. The van der Waals surface area contributed by atoms with Gasteiger partial charge in [0.25, 0.3) is 11.8 Å². The molecule has 4 N–H and O–H groups in total. The van der Waals surface area contributed by atoms with Gasteiger partial charge < -0.3 is 20.5 Å². The van der Waals surface area contributed by atoms with E-state index >= 15 is 0 Å². The molecule has 4 amide bonds. The summed E-state index contributed by atoms with van der Waals surface area (Å²) in [7, 11) is 0. The number of hydrogen-bond acceptors (Lipinski definition) is 6. The molecule has 122 valence electrons. The van der Waals surface area contributed by atoms with Gasteiger partial charge in [-0.25, -0.2) is 4.79 Å². The first-order valence-electron chi connectivity index (χ1n) is 6.73. The number of ether oxygens (including phenoxy) is 2. The molecular weight excluding hydrogens is 306 g/mol. The van der Waals surface area contributed by atoms with Crippen molar-refractivity contribution in [3.8, 4) is 5.75 Å². The second-order valence-corrected chi connectivity index (χ2v) is 4.78. The molecule has 0 saturated carbocycles. The van der Waals surface area contributed by atoms with Crippen molar-refractivity contribution in [1.82, 2.24) is 5.32 Å². The van der Waals surface area contributed by atoms with Gasteiger partial charge in [0, 0.05) is 0 Å². The van der Waals surface area contributed by atoms with E-state index in [1.54, 1.807) is 29.6 Å². The van der Waals surface area contributed by atoms with Gasteiger partial charge in [-0.3, -0.25) is 19.7 Å². The van der Waals surface area contributed by atoms with Crippen molar-refractivity contribution < 1.29 is 28.7 Å². The van der Waals surface area contributed by atoms with E-state index in [9.17, 15) is 19.2 Å². The summed E-state index contributed by atoms with van der Waals surface area (Å²) in [5.41, 5.74) is 5.30. The van der Waals surface area contributed by atoms with Crippen molar-refractivity contribution in [3.05, 3.63) is 24.3 Å². The number of carbonyl (C=O) groups is 4. The highest BCUT2D eigenvalue weighted by molar-refractivity contribution is 6.00. The molecule has 0 fully saturated rings. The van der Waals surface area contributed by atoms with Crippen molar-refractivity contribution in [1.29, 1.82) is 0 Å². The highest BCUT2D eigenvalue weighted by atomic mass is 16.6. The van der Waals surface area contributed by atoms with Gasteiger partial charge in [0.15, 0.2) is 12.2 Å². The lowest BCUT2D eigenvalue weighted by Gasteiger charge is -2.25. The topological polar surface area (TPSA) is 137 Å². The van der Waals surface area contributed by atoms with Crippen molar-refractivity contribution in [2.75, 3.05) is 5.32 Å². The minimum Gasteiger partial charge on any atom is -0.478 e. The molecule has 0 aliphatic carbocycles. The highest BCUT2D eigenvalue weighted by Crippen LogP contribution is 2.29. The first kappa shape index (κ1) is 16.3. The Labute approximate surface area is 131 Å². The Kier molecular flexibility index (Phi) is 4.79. The third kappa shape index (κ3) is 4.19. The zero-order valence-electron chi connectivity index (χ0n) is 12.2. The van der Waals surface area contributed by atoms with Gasteiger partial charge in [-0.15, -0.1) is 0 Å². The summed E-state index contributed by atoms with van der Waals surface area (Å²) in [6, 6.07) is 5.72. The third-order valence-corrected chi connectivity index (χ3v) is 2.98. The molecule has 0 radical (unpaired) electrons. The van der Waals surface area contributed by atoms with Crippen LogP contribution in [-0.2, 0) is 19.1 Å². The van der Waals surface area contributed by atoms with Crippen molar-refractivity contribution in [2.45, 2.75) is 25.6 Å². The standard InChI is InChI=1S/C14H15N3O6/c1-7(12(19)17-14(15)21)22-11(18)6-10-13(20)16-8-4-2-3-5-9(8)23-10/h2-5,7,10H,6H2,1H3,(H,16,20)(H3,15,17,19,21)/t7-,10-/m1/s1. The zero-order chi connectivity index (χ0) is 17.0. The summed E-state index contributed by atoms with van der Waals surface area (Å²) in [5, 5.41) is 4.39. The molecular formula is C14H15N3O6. The van der Waals surface area contributed by atoms with E-state index in [1.807, 2.05) is 0 Å². The summed E-state index contributed by atoms with van der Waals surface area (Å²) in [5.74, 6) is -1.74. The predicted molar refractivity (Wildman–Crippen MR) is 77.4 cm³/mol. The maximum atomic E-state index is 11.9. The number of nitrogens with one attached hydrogen (secondary N) is 2. The fraction of sp³-hybridized carbons (Fsp3) is 0.286. The Morgan fingerprint density at radius 2 is 2.09 bits per heavy atom. The molecule has 2 atom stereocenters. The van der Waals surface area contributed by atoms with Crippen LogP contribution < -0.4 is 21.1 Å². The van der Waals surface area contributed by atoms with Crippen LogP contribution in [0.3, 0.4) is 0 Å². The number of anilines is 1. The SMILES string of the molecule is C[C@@H](OC(=O)C[C@H]1Oc2ccccc2NC1=O)C(=O)NC(N)=O. The Balaban J connectivity index is 1.92. The molecule has 9 heteroatoms. The van der Waals surface area contributed by atoms with Gasteiger partial charge in [-0.05, 0) is 19.1 Å². The van der Waals surface area contributed by atoms with Gasteiger partial charge in [0.2, 0.25) is 0 Å². The maximum Gasteiger partial charge on any atom is 0.318 e. The Bertz CT molecular complexity index is 660. The maximum absolute atomic E-state index is 11.9. The van der Waals surface area contributed by atoms with Crippen LogP contribution >= 0.6 is 0 Å². The molecule has 1 aliphatic heterocycles. The van der Waals surface area contributed by atoms with E-state index in [4.69, 9.17) is 15.2 Å². The third-order valence-electron chi connectivity index (χ3n) is 2.98. The molecule has 0 aromatic heterocycles. The van der Waals surface area contributed by atoms with Crippen LogP contribution in [0.15, 0.2) is 24.3 Å². The molecule has 1 aromatic carbocycles. The molecule has 0 spiro atoms. The largest absolute Gasteiger partial charge is 0.478 e. The fourth-order valence-corrected chi connectivity index (χ4v) is 1.90. The van der Waals surface area contributed by atoms with Gasteiger partial charge in [0.05, 0.1) is 12.1 Å². The second kappa shape index (κ2) is 6.77. The number of imide groups is 1. The molecule has 2 rings (SSSR count). The van der Waals surface area contributed by atoms with Crippen LogP contribution in [0.2, 0.25) is 0 Å². The Hall–Kier alpha value is -3.10. The quantitative estimate of drug-likeness (QED) is 0.662. The molecule has 9 nitrogen and oxygen atoms in total. The molecule has 0 bridgehead atoms. The van der Waals surface area contributed by atoms with Crippen molar-refractivity contribution in [3.63, 3.8) is 0 Å². The Morgan fingerprint density at radius 3 is 2.78 bits per heavy atom. The molecule has 1 heterocycles. The monoisotopic (exact) mass is 321 g/mol. The molecule has 1 aliphatic rings. The van der Waals surface area contributed by atoms with Crippen molar-refractivity contribution >= 4 is 29.5 Å².